The van der Waals surface area contributed by atoms with Gasteiger partial charge < -0.3 is 19.6 Å². The SMILES string of the molecule is Cc1c(-c2ccc(C(=O)N3CC[C@H](O)[C@H](O)C3)s2)noc1C(F)(F)F. The minimum absolute atomic E-state index is 0.00838. The Bertz CT molecular complexity index is 786. The molecule has 3 rings (SSSR count). The van der Waals surface area contributed by atoms with Crippen LogP contribution in [-0.4, -0.2) is 51.5 Å². The van der Waals surface area contributed by atoms with Gasteiger partial charge >= 0.3 is 6.18 Å². The summed E-state index contributed by atoms with van der Waals surface area (Å²) in [6.45, 7) is 1.57. The molecule has 0 radical (unpaired) electrons. The quantitative estimate of drug-likeness (QED) is 0.840. The van der Waals surface area contributed by atoms with Crippen molar-refractivity contribution in [3.8, 4) is 10.6 Å². The van der Waals surface area contributed by atoms with Gasteiger partial charge in [0.05, 0.1) is 22.0 Å². The summed E-state index contributed by atoms with van der Waals surface area (Å²) in [5.41, 5.74) is -0.0876. The van der Waals surface area contributed by atoms with E-state index in [2.05, 4.69) is 9.68 Å². The third-order valence-corrected chi connectivity index (χ3v) is 5.15. The molecule has 0 saturated carbocycles. The highest BCUT2D eigenvalue weighted by atomic mass is 32.1. The molecule has 1 aliphatic heterocycles. The first-order valence-corrected chi connectivity index (χ1v) is 8.29. The van der Waals surface area contributed by atoms with Crippen molar-refractivity contribution in [2.45, 2.75) is 31.7 Å². The third kappa shape index (κ3) is 3.42. The number of carbonyl (C=O) groups is 1. The highest BCUT2D eigenvalue weighted by molar-refractivity contribution is 7.17. The molecule has 0 spiro atoms. The van der Waals surface area contributed by atoms with Crippen LogP contribution in [0.5, 0.6) is 0 Å². The Morgan fingerprint density at radius 2 is 2.08 bits per heavy atom. The number of halogens is 3. The highest BCUT2D eigenvalue weighted by Crippen LogP contribution is 2.38. The largest absolute Gasteiger partial charge is 0.452 e. The fraction of sp³-hybridized carbons (Fsp3) is 0.467. The van der Waals surface area contributed by atoms with Gasteiger partial charge in [0.15, 0.2) is 0 Å². The molecule has 1 saturated heterocycles. The zero-order chi connectivity index (χ0) is 18.4. The minimum atomic E-state index is -4.63. The summed E-state index contributed by atoms with van der Waals surface area (Å²) in [4.78, 5) is 14.6. The van der Waals surface area contributed by atoms with Crippen LogP contribution < -0.4 is 0 Å². The van der Waals surface area contributed by atoms with E-state index in [1.165, 1.54) is 24.0 Å². The van der Waals surface area contributed by atoms with Gasteiger partial charge in [-0.05, 0) is 25.5 Å². The van der Waals surface area contributed by atoms with E-state index in [0.29, 0.717) is 16.3 Å². The second-order valence-corrected chi connectivity index (χ2v) is 6.91. The number of hydrogen-bond acceptors (Lipinski definition) is 6. The molecule has 10 heteroatoms. The zero-order valence-corrected chi connectivity index (χ0v) is 13.9. The summed E-state index contributed by atoms with van der Waals surface area (Å²) in [5.74, 6) is -1.50. The van der Waals surface area contributed by atoms with Crippen LogP contribution in [0.2, 0.25) is 0 Å². The van der Waals surface area contributed by atoms with E-state index in [4.69, 9.17) is 0 Å². The molecule has 3 heterocycles. The van der Waals surface area contributed by atoms with Crippen LogP contribution in [0.25, 0.3) is 10.6 Å². The van der Waals surface area contributed by atoms with Crippen molar-refractivity contribution in [3.63, 3.8) is 0 Å². The number of likely N-dealkylation sites (tertiary alicyclic amines) is 1. The number of rotatable bonds is 2. The molecule has 2 aromatic rings. The lowest BCUT2D eigenvalue weighted by molar-refractivity contribution is -0.156. The van der Waals surface area contributed by atoms with E-state index in [0.717, 1.165) is 11.3 Å². The van der Waals surface area contributed by atoms with Gasteiger partial charge in [-0.3, -0.25) is 4.79 Å². The van der Waals surface area contributed by atoms with Gasteiger partial charge in [-0.2, -0.15) is 13.2 Å². The number of piperidine rings is 1. The van der Waals surface area contributed by atoms with Gasteiger partial charge in [0.2, 0.25) is 5.76 Å². The number of carbonyl (C=O) groups excluding carboxylic acids is 1. The lowest BCUT2D eigenvalue weighted by Gasteiger charge is -2.33. The van der Waals surface area contributed by atoms with Crippen molar-refractivity contribution in [3.05, 3.63) is 28.3 Å². The van der Waals surface area contributed by atoms with Gasteiger partial charge in [0.25, 0.3) is 5.91 Å². The fourth-order valence-electron chi connectivity index (χ4n) is 2.67. The third-order valence-electron chi connectivity index (χ3n) is 4.07. The number of hydrogen-bond donors (Lipinski definition) is 2. The number of aliphatic hydroxyl groups is 2. The summed E-state index contributed by atoms with van der Waals surface area (Å²) in [5, 5.41) is 22.7. The van der Waals surface area contributed by atoms with Crippen LogP contribution in [0.3, 0.4) is 0 Å². The molecule has 1 fully saturated rings. The predicted molar refractivity (Wildman–Crippen MR) is 82.1 cm³/mol. The Hall–Kier alpha value is -1.91. The van der Waals surface area contributed by atoms with E-state index in [-0.39, 0.29) is 30.1 Å². The van der Waals surface area contributed by atoms with E-state index in [1.54, 1.807) is 0 Å². The second kappa shape index (κ2) is 6.43. The molecule has 136 valence electrons. The standard InChI is InChI=1S/C15H15F3N2O4S/c1-7-12(19-24-13(7)15(16,17)18)10-2-3-11(25-10)14(23)20-5-4-8(21)9(22)6-20/h2-3,8-9,21-22H,4-6H2,1H3/t8-,9+/m0/s1. The van der Waals surface area contributed by atoms with E-state index >= 15 is 0 Å². The van der Waals surface area contributed by atoms with Crippen molar-refractivity contribution in [2.24, 2.45) is 0 Å². The van der Waals surface area contributed by atoms with Crippen molar-refractivity contribution in [1.29, 1.82) is 0 Å². The summed E-state index contributed by atoms with van der Waals surface area (Å²) < 4.78 is 42.8. The predicted octanol–water partition coefficient (Wildman–Crippen LogP) is 2.30. The molecule has 1 amide bonds. The van der Waals surface area contributed by atoms with E-state index in [9.17, 15) is 28.2 Å². The number of β-amino-alcohol motifs (C(OH)–C–C–N with tert-alkyl or cyclic N) is 1. The second-order valence-electron chi connectivity index (χ2n) is 5.82. The first kappa shape index (κ1) is 17.9. The Balaban J connectivity index is 1.81. The Kier molecular flexibility index (Phi) is 4.60. The van der Waals surface area contributed by atoms with Gasteiger partial charge in [-0.15, -0.1) is 11.3 Å². The molecule has 2 aromatic heterocycles. The maximum Gasteiger partial charge on any atom is 0.452 e. The summed E-state index contributed by atoms with van der Waals surface area (Å²) in [7, 11) is 0. The van der Waals surface area contributed by atoms with Crippen molar-refractivity contribution in [2.75, 3.05) is 13.1 Å². The number of amides is 1. The monoisotopic (exact) mass is 376 g/mol. The van der Waals surface area contributed by atoms with Crippen LogP contribution in [0.4, 0.5) is 13.2 Å². The average molecular weight is 376 g/mol. The van der Waals surface area contributed by atoms with Gasteiger partial charge in [0, 0.05) is 18.7 Å². The van der Waals surface area contributed by atoms with Crippen molar-refractivity contribution >= 4 is 17.2 Å². The molecular formula is C15H15F3N2O4S. The van der Waals surface area contributed by atoms with Gasteiger partial charge in [-0.1, -0.05) is 5.16 Å². The molecule has 1 aliphatic rings. The van der Waals surface area contributed by atoms with E-state index < -0.39 is 24.1 Å². The number of aromatic nitrogens is 1. The van der Waals surface area contributed by atoms with Crippen molar-refractivity contribution in [1.82, 2.24) is 10.1 Å². The van der Waals surface area contributed by atoms with Gasteiger partial charge in [-0.25, -0.2) is 0 Å². The number of nitrogens with zero attached hydrogens (tertiary/aromatic N) is 2. The Morgan fingerprint density at radius 3 is 2.68 bits per heavy atom. The molecule has 0 unspecified atom stereocenters. The van der Waals surface area contributed by atoms with Crippen LogP contribution >= 0.6 is 11.3 Å². The molecular weight excluding hydrogens is 361 g/mol. The topological polar surface area (TPSA) is 86.8 Å². The fourth-order valence-corrected chi connectivity index (χ4v) is 3.68. The number of thiophene rings is 1. The molecule has 2 N–H and O–H groups in total. The van der Waals surface area contributed by atoms with Crippen LogP contribution in [0.15, 0.2) is 16.7 Å². The first-order valence-electron chi connectivity index (χ1n) is 7.47. The van der Waals surface area contributed by atoms with E-state index in [1.807, 2.05) is 0 Å². The Morgan fingerprint density at radius 1 is 1.36 bits per heavy atom. The smallest absolute Gasteiger partial charge is 0.390 e. The molecule has 0 bridgehead atoms. The lowest BCUT2D eigenvalue weighted by Crippen LogP contribution is -2.48. The summed E-state index contributed by atoms with van der Waals surface area (Å²) >= 11 is 1.00. The maximum absolute atomic E-state index is 12.8. The highest BCUT2D eigenvalue weighted by Gasteiger charge is 2.39. The molecule has 0 aromatic carbocycles. The zero-order valence-electron chi connectivity index (χ0n) is 13.1. The average Bonchev–Trinajstić information content (AvgIpc) is 3.15. The van der Waals surface area contributed by atoms with Gasteiger partial charge in [0.1, 0.15) is 5.69 Å². The summed E-state index contributed by atoms with van der Waals surface area (Å²) in [6.07, 6.45) is -6.23. The molecule has 25 heavy (non-hydrogen) atoms. The Labute approximate surface area is 144 Å². The van der Waals surface area contributed by atoms with Crippen molar-refractivity contribution < 1.29 is 32.7 Å². The molecule has 2 atom stereocenters. The lowest BCUT2D eigenvalue weighted by atomic mass is 10.1. The molecule has 6 nitrogen and oxygen atoms in total. The van der Waals surface area contributed by atoms with Crippen LogP contribution in [-0.2, 0) is 6.18 Å². The minimum Gasteiger partial charge on any atom is -0.390 e. The summed E-state index contributed by atoms with van der Waals surface area (Å²) in [6, 6.07) is 3.01. The van der Waals surface area contributed by atoms with Crippen LogP contribution in [0, 0.1) is 6.92 Å². The number of aliphatic hydroxyl groups excluding tert-OH is 2. The normalized spacial score (nSPS) is 21.6. The molecule has 0 aliphatic carbocycles. The first-order chi connectivity index (χ1) is 11.7. The van der Waals surface area contributed by atoms with Crippen LogP contribution in [0.1, 0.15) is 27.4 Å². The maximum atomic E-state index is 12.8. The number of alkyl halides is 3.